The number of alkyl halides is 2. The first kappa shape index (κ1) is 13.5. The van der Waals surface area contributed by atoms with Gasteiger partial charge in [0.2, 0.25) is 0 Å². The van der Waals surface area contributed by atoms with Crippen LogP contribution in [0.3, 0.4) is 0 Å². The average Bonchev–Trinajstić information content (AvgIpc) is 2.88. The van der Waals surface area contributed by atoms with Gasteiger partial charge in [-0.3, -0.25) is 0 Å². The predicted molar refractivity (Wildman–Crippen MR) is 69.7 cm³/mol. The molecule has 18 heavy (non-hydrogen) atoms. The van der Waals surface area contributed by atoms with Crippen LogP contribution in [0.1, 0.15) is 49.7 Å². The van der Waals surface area contributed by atoms with Gasteiger partial charge in [0.1, 0.15) is 0 Å². The minimum Gasteiger partial charge on any atom is -0.313 e. The molecule has 0 spiro atoms. The second kappa shape index (κ2) is 6.83. The van der Waals surface area contributed by atoms with Gasteiger partial charge in [0.25, 0.3) is 6.43 Å². The lowest BCUT2D eigenvalue weighted by atomic mass is 10.0. The maximum absolute atomic E-state index is 12.4. The van der Waals surface area contributed by atoms with Crippen molar-refractivity contribution in [3.8, 4) is 0 Å². The van der Waals surface area contributed by atoms with Crippen LogP contribution < -0.4 is 5.32 Å². The quantitative estimate of drug-likeness (QED) is 0.745. The van der Waals surface area contributed by atoms with Crippen molar-refractivity contribution in [2.75, 3.05) is 6.54 Å². The average molecular weight is 253 g/mol. The van der Waals surface area contributed by atoms with E-state index in [1.165, 1.54) is 44.2 Å². The molecule has 1 fully saturated rings. The van der Waals surface area contributed by atoms with Gasteiger partial charge in [-0.2, -0.15) is 0 Å². The Kier molecular flexibility index (Phi) is 5.12. The van der Waals surface area contributed by atoms with Crippen LogP contribution in [0, 0.1) is 5.92 Å². The van der Waals surface area contributed by atoms with Gasteiger partial charge in [-0.15, -0.1) is 0 Å². The molecule has 1 aromatic rings. The van der Waals surface area contributed by atoms with Crippen LogP contribution in [0.5, 0.6) is 0 Å². The van der Waals surface area contributed by atoms with Crippen LogP contribution in [0.2, 0.25) is 0 Å². The monoisotopic (exact) mass is 253 g/mol. The van der Waals surface area contributed by atoms with Gasteiger partial charge < -0.3 is 5.32 Å². The van der Waals surface area contributed by atoms with Crippen molar-refractivity contribution >= 4 is 0 Å². The van der Waals surface area contributed by atoms with Crippen LogP contribution in [0.4, 0.5) is 8.78 Å². The molecule has 1 aliphatic rings. The van der Waals surface area contributed by atoms with Gasteiger partial charge in [-0.25, -0.2) is 8.78 Å². The Labute approximate surface area is 108 Å². The molecule has 2 rings (SSSR count). The Bertz CT molecular complexity index is 342. The minimum atomic E-state index is -2.37. The van der Waals surface area contributed by atoms with Gasteiger partial charge in [-0.05, 0) is 24.4 Å². The summed E-state index contributed by atoms with van der Waals surface area (Å²) in [6.45, 7) is 1.80. The Balaban J connectivity index is 1.66. The molecule has 1 aliphatic carbocycles. The Morgan fingerprint density at radius 2 is 1.78 bits per heavy atom. The zero-order valence-electron chi connectivity index (χ0n) is 10.7. The first-order valence-corrected chi connectivity index (χ1v) is 6.83. The molecule has 0 aromatic heterocycles. The van der Waals surface area contributed by atoms with Gasteiger partial charge >= 0.3 is 0 Å². The SMILES string of the molecule is FC(F)c1ccc(CNCCC2CCCC2)cc1. The summed E-state index contributed by atoms with van der Waals surface area (Å²) in [5.74, 6) is 0.902. The number of rotatable bonds is 6. The first-order valence-electron chi connectivity index (χ1n) is 6.83. The molecule has 0 bridgehead atoms. The topological polar surface area (TPSA) is 12.0 Å². The maximum Gasteiger partial charge on any atom is 0.263 e. The van der Waals surface area contributed by atoms with Crippen LogP contribution in [-0.2, 0) is 6.54 Å². The summed E-state index contributed by atoms with van der Waals surface area (Å²) < 4.78 is 24.7. The summed E-state index contributed by atoms with van der Waals surface area (Å²) in [5.41, 5.74) is 1.18. The normalized spacial score (nSPS) is 16.6. The first-order chi connectivity index (χ1) is 8.75. The van der Waals surface area contributed by atoms with Crippen LogP contribution in [0.15, 0.2) is 24.3 Å². The number of halogens is 2. The number of nitrogens with one attached hydrogen (secondary N) is 1. The molecular weight excluding hydrogens is 232 g/mol. The Hall–Kier alpha value is -0.960. The number of hydrogen-bond acceptors (Lipinski definition) is 1. The van der Waals surface area contributed by atoms with E-state index in [9.17, 15) is 8.78 Å². The van der Waals surface area contributed by atoms with E-state index in [1.54, 1.807) is 12.1 Å². The van der Waals surface area contributed by atoms with Crippen molar-refractivity contribution < 1.29 is 8.78 Å². The summed E-state index contributed by atoms with van der Waals surface area (Å²) in [7, 11) is 0. The molecule has 100 valence electrons. The zero-order chi connectivity index (χ0) is 12.8. The van der Waals surface area contributed by atoms with E-state index in [0.717, 1.165) is 24.6 Å². The fourth-order valence-electron chi connectivity index (χ4n) is 2.62. The van der Waals surface area contributed by atoms with Gasteiger partial charge in [0.15, 0.2) is 0 Å². The smallest absolute Gasteiger partial charge is 0.263 e. The standard InChI is InChI=1S/C15H21F2N/c16-15(17)14-7-5-13(6-8-14)11-18-10-9-12-3-1-2-4-12/h5-8,12,15,18H,1-4,9-11H2. The lowest BCUT2D eigenvalue weighted by Crippen LogP contribution is -2.17. The van der Waals surface area contributed by atoms with E-state index in [4.69, 9.17) is 0 Å². The van der Waals surface area contributed by atoms with Crippen molar-refractivity contribution in [2.24, 2.45) is 5.92 Å². The van der Waals surface area contributed by atoms with E-state index >= 15 is 0 Å². The number of hydrogen-bond donors (Lipinski definition) is 1. The summed E-state index contributed by atoms with van der Waals surface area (Å²) >= 11 is 0. The van der Waals surface area contributed by atoms with E-state index in [-0.39, 0.29) is 5.56 Å². The molecule has 1 nitrogen and oxygen atoms in total. The molecule has 1 saturated carbocycles. The van der Waals surface area contributed by atoms with Crippen LogP contribution in [-0.4, -0.2) is 6.54 Å². The molecule has 0 unspecified atom stereocenters. The van der Waals surface area contributed by atoms with E-state index in [2.05, 4.69) is 5.32 Å². The van der Waals surface area contributed by atoms with Crippen molar-refractivity contribution in [1.29, 1.82) is 0 Å². The lowest BCUT2D eigenvalue weighted by Gasteiger charge is -2.10. The van der Waals surface area contributed by atoms with Gasteiger partial charge in [-0.1, -0.05) is 49.9 Å². The molecule has 0 aliphatic heterocycles. The second-order valence-electron chi connectivity index (χ2n) is 5.16. The summed E-state index contributed by atoms with van der Waals surface area (Å²) in [5, 5.41) is 3.39. The van der Waals surface area contributed by atoms with Gasteiger partial charge in [0.05, 0.1) is 0 Å². The largest absolute Gasteiger partial charge is 0.313 e. The highest BCUT2D eigenvalue weighted by Gasteiger charge is 2.13. The molecule has 0 saturated heterocycles. The molecule has 1 aromatic carbocycles. The third-order valence-corrected chi connectivity index (χ3v) is 3.76. The fraction of sp³-hybridized carbons (Fsp3) is 0.600. The highest BCUT2D eigenvalue weighted by atomic mass is 19.3. The molecular formula is C15H21F2N. The van der Waals surface area contributed by atoms with E-state index in [0.29, 0.717) is 0 Å². The highest BCUT2D eigenvalue weighted by Crippen LogP contribution is 2.26. The van der Waals surface area contributed by atoms with Crippen molar-refractivity contribution in [3.63, 3.8) is 0 Å². The Morgan fingerprint density at radius 1 is 1.11 bits per heavy atom. The minimum absolute atomic E-state index is 0.102. The Morgan fingerprint density at radius 3 is 2.39 bits per heavy atom. The summed E-state index contributed by atoms with van der Waals surface area (Å²) in [4.78, 5) is 0. The third kappa shape index (κ3) is 4.05. The van der Waals surface area contributed by atoms with Gasteiger partial charge in [0, 0.05) is 12.1 Å². The molecule has 0 atom stereocenters. The van der Waals surface area contributed by atoms with Crippen LogP contribution >= 0.6 is 0 Å². The maximum atomic E-state index is 12.4. The van der Waals surface area contributed by atoms with Crippen molar-refractivity contribution in [3.05, 3.63) is 35.4 Å². The van der Waals surface area contributed by atoms with Crippen molar-refractivity contribution in [1.82, 2.24) is 5.32 Å². The number of benzene rings is 1. The summed E-state index contributed by atoms with van der Waals surface area (Å²) in [6.07, 6.45) is 4.42. The lowest BCUT2D eigenvalue weighted by molar-refractivity contribution is 0.151. The highest BCUT2D eigenvalue weighted by molar-refractivity contribution is 5.23. The molecule has 3 heteroatoms. The van der Waals surface area contributed by atoms with E-state index in [1.807, 2.05) is 0 Å². The molecule has 1 N–H and O–H groups in total. The summed E-state index contributed by atoms with van der Waals surface area (Å²) in [6, 6.07) is 6.59. The third-order valence-electron chi connectivity index (χ3n) is 3.76. The second-order valence-corrected chi connectivity index (χ2v) is 5.16. The van der Waals surface area contributed by atoms with Crippen molar-refractivity contribution in [2.45, 2.75) is 45.1 Å². The predicted octanol–water partition coefficient (Wildman–Crippen LogP) is 4.29. The van der Waals surface area contributed by atoms with E-state index < -0.39 is 6.43 Å². The fourth-order valence-corrected chi connectivity index (χ4v) is 2.62. The van der Waals surface area contributed by atoms with Crippen LogP contribution in [0.25, 0.3) is 0 Å². The molecule has 0 amide bonds. The molecule has 0 radical (unpaired) electrons. The molecule has 0 heterocycles. The zero-order valence-corrected chi connectivity index (χ0v) is 10.7.